The highest BCUT2D eigenvalue weighted by atomic mass is 35.5. The van der Waals surface area contributed by atoms with Crippen molar-refractivity contribution in [3.8, 4) is 0 Å². The Morgan fingerprint density at radius 2 is 1.93 bits per heavy atom. The number of nitrogens with zero attached hydrogens (tertiary/aromatic N) is 3. The SMILES string of the molecule is CC(C)CN(c1ccnc(NC(C)c2cc3cc(Cl)ccc3[nH]c2=O)n1)S(C)(=O)=O. The van der Waals surface area contributed by atoms with E-state index in [1.165, 1.54) is 10.5 Å². The predicted octanol–water partition coefficient (Wildman–Crippen LogP) is 3.57. The number of anilines is 2. The van der Waals surface area contributed by atoms with Gasteiger partial charge in [-0.25, -0.2) is 13.4 Å². The van der Waals surface area contributed by atoms with Gasteiger partial charge in [0, 0.05) is 40.3 Å². The summed E-state index contributed by atoms with van der Waals surface area (Å²) in [4.78, 5) is 23.9. The minimum atomic E-state index is -3.50. The first-order valence-electron chi connectivity index (χ1n) is 9.44. The van der Waals surface area contributed by atoms with Gasteiger partial charge < -0.3 is 10.3 Å². The van der Waals surface area contributed by atoms with Crippen LogP contribution in [0.4, 0.5) is 11.8 Å². The van der Waals surface area contributed by atoms with E-state index in [9.17, 15) is 13.2 Å². The summed E-state index contributed by atoms with van der Waals surface area (Å²) in [5.74, 6) is 0.617. The molecule has 0 saturated carbocycles. The van der Waals surface area contributed by atoms with Crippen LogP contribution in [0.1, 0.15) is 32.4 Å². The second-order valence-corrected chi connectivity index (χ2v) is 9.92. The third-order valence-corrected chi connectivity index (χ3v) is 5.85. The van der Waals surface area contributed by atoms with Crippen LogP contribution in [0.15, 0.2) is 41.3 Å². The van der Waals surface area contributed by atoms with E-state index in [1.807, 2.05) is 13.8 Å². The third-order valence-electron chi connectivity index (χ3n) is 4.47. The molecule has 2 aromatic heterocycles. The van der Waals surface area contributed by atoms with Crippen LogP contribution in [0.5, 0.6) is 0 Å². The molecule has 2 heterocycles. The Morgan fingerprint density at radius 3 is 2.60 bits per heavy atom. The van der Waals surface area contributed by atoms with Gasteiger partial charge in [0.15, 0.2) is 0 Å². The molecule has 1 atom stereocenters. The van der Waals surface area contributed by atoms with Crippen LogP contribution in [0.2, 0.25) is 5.02 Å². The minimum Gasteiger partial charge on any atom is -0.347 e. The van der Waals surface area contributed by atoms with Crippen LogP contribution < -0.4 is 15.2 Å². The maximum atomic E-state index is 12.5. The van der Waals surface area contributed by atoms with Crippen molar-refractivity contribution in [1.82, 2.24) is 15.0 Å². The van der Waals surface area contributed by atoms with E-state index in [0.29, 0.717) is 22.6 Å². The minimum absolute atomic E-state index is 0.119. The number of sulfonamides is 1. The van der Waals surface area contributed by atoms with E-state index in [4.69, 9.17) is 11.6 Å². The lowest BCUT2D eigenvalue weighted by Gasteiger charge is -2.23. The molecule has 0 radical (unpaired) electrons. The zero-order valence-electron chi connectivity index (χ0n) is 17.2. The number of aromatic nitrogens is 3. The van der Waals surface area contributed by atoms with Gasteiger partial charge in [-0.05, 0) is 37.1 Å². The van der Waals surface area contributed by atoms with Gasteiger partial charge in [0.05, 0.1) is 12.3 Å². The Hall–Kier alpha value is -2.65. The lowest BCUT2D eigenvalue weighted by Crippen LogP contribution is -2.34. The molecule has 0 aliphatic rings. The Morgan fingerprint density at radius 1 is 1.20 bits per heavy atom. The first kappa shape index (κ1) is 22.0. The van der Waals surface area contributed by atoms with Gasteiger partial charge in [-0.15, -0.1) is 0 Å². The first-order chi connectivity index (χ1) is 14.0. The highest BCUT2D eigenvalue weighted by Crippen LogP contribution is 2.22. The zero-order chi connectivity index (χ0) is 22.1. The third kappa shape index (κ3) is 5.09. The van der Waals surface area contributed by atoms with Gasteiger partial charge in [0.1, 0.15) is 5.82 Å². The monoisotopic (exact) mass is 449 g/mol. The van der Waals surface area contributed by atoms with Crippen LogP contribution in [-0.4, -0.2) is 36.2 Å². The molecule has 1 aromatic carbocycles. The van der Waals surface area contributed by atoms with E-state index in [1.54, 1.807) is 37.3 Å². The summed E-state index contributed by atoms with van der Waals surface area (Å²) >= 11 is 6.06. The maximum Gasteiger partial charge on any atom is 0.253 e. The number of pyridine rings is 1. The largest absolute Gasteiger partial charge is 0.347 e. The number of H-pyrrole nitrogens is 1. The first-order valence-corrected chi connectivity index (χ1v) is 11.7. The Bertz CT molecular complexity index is 1230. The summed E-state index contributed by atoms with van der Waals surface area (Å²) in [6, 6.07) is 8.13. The topological polar surface area (TPSA) is 108 Å². The highest BCUT2D eigenvalue weighted by molar-refractivity contribution is 7.92. The van der Waals surface area contributed by atoms with Crippen LogP contribution in [0, 0.1) is 5.92 Å². The molecule has 1 unspecified atom stereocenters. The molecule has 0 saturated heterocycles. The molecule has 0 aliphatic carbocycles. The van der Waals surface area contributed by atoms with Crippen LogP contribution in [-0.2, 0) is 10.0 Å². The second kappa shape index (κ2) is 8.61. The van der Waals surface area contributed by atoms with Gasteiger partial charge in [-0.2, -0.15) is 4.98 Å². The molecule has 0 bridgehead atoms. The highest BCUT2D eigenvalue weighted by Gasteiger charge is 2.21. The lowest BCUT2D eigenvalue weighted by molar-refractivity contribution is 0.582. The molecule has 30 heavy (non-hydrogen) atoms. The molecule has 10 heteroatoms. The summed E-state index contributed by atoms with van der Waals surface area (Å²) in [5, 5.41) is 4.46. The van der Waals surface area contributed by atoms with Gasteiger partial charge in [0.25, 0.3) is 5.56 Å². The summed E-state index contributed by atoms with van der Waals surface area (Å²) in [7, 11) is -3.50. The summed E-state index contributed by atoms with van der Waals surface area (Å²) < 4.78 is 25.7. The van der Waals surface area contributed by atoms with E-state index < -0.39 is 16.1 Å². The van der Waals surface area contributed by atoms with Crippen LogP contribution in [0.25, 0.3) is 10.9 Å². The Labute approximate surface area is 180 Å². The number of benzene rings is 1. The quantitative estimate of drug-likeness (QED) is 0.570. The number of nitrogens with one attached hydrogen (secondary N) is 2. The fourth-order valence-electron chi connectivity index (χ4n) is 3.08. The van der Waals surface area contributed by atoms with E-state index in [0.717, 1.165) is 11.6 Å². The fourth-order valence-corrected chi connectivity index (χ4v) is 4.27. The Kier molecular flexibility index (Phi) is 6.33. The van der Waals surface area contributed by atoms with Crippen molar-refractivity contribution < 1.29 is 8.42 Å². The maximum absolute atomic E-state index is 12.5. The summed E-state index contributed by atoms with van der Waals surface area (Å²) in [6.07, 6.45) is 2.63. The molecule has 3 aromatic rings. The fraction of sp³-hybridized carbons (Fsp3) is 0.350. The van der Waals surface area contributed by atoms with Crippen LogP contribution >= 0.6 is 11.6 Å². The van der Waals surface area contributed by atoms with E-state index in [-0.39, 0.29) is 23.2 Å². The molecule has 3 rings (SSSR count). The zero-order valence-corrected chi connectivity index (χ0v) is 18.8. The number of fused-ring (bicyclic) bond motifs is 1. The van der Waals surface area contributed by atoms with Crippen molar-refractivity contribution in [3.05, 3.63) is 57.5 Å². The molecule has 2 N–H and O–H groups in total. The second-order valence-electron chi connectivity index (χ2n) is 7.58. The molecular formula is C20H24ClN5O3S. The number of halogens is 1. The van der Waals surface area contributed by atoms with Crippen molar-refractivity contribution in [2.45, 2.75) is 26.8 Å². The van der Waals surface area contributed by atoms with Crippen molar-refractivity contribution in [2.75, 3.05) is 22.4 Å². The van der Waals surface area contributed by atoms with Crippen molar-refractivity contribution in [3.63, 3.8) is 0 Å². The molecule has 0 fully saturated rings. The molecule has 0 aliphatic heterocycles. The summed E-state index contributed by atoms with van der Waals surface area (Å²) in [6.45, 7) is 5.97. The Balaban J connectivity index is 1.91. The molecular weight excluding hydrogens is 426 g/mol. The van der Waals surface area contributed by atoms with Gasteiger partial charge in [-0.3, -0.25) is 9.10 Å². The molecule has 0 spiro atoms. The molecule has 160 valence electrons. The van der Waals surface area contributed by atoms with E-state index >= 15 is 0 Å². The number of hydrogen-bond acceptors (Lipinski definition) is 6. The average molecular weight is 450 g/mol. The number of rotatable bonds is 7. The summed E-state index contributed by atoms with van der Waals surface area (Å²) in [5.41, 5.74) is 0.940. The number of aromatic amines is 1. The normalized spacial score (nSPS) is 12.9. The average Bonchev–Trinajstić information content (AvgIpc) is 2.65. The van der Waals surface area contributed by atoms with Crippen molar-refractivity contribution in [1.29, 1.82) is 0 Å². The van der Waals surface area contributed by atoms with Crippen molar-refractivity contribution in [2.24, 2.45) is 5.92 Å². The molecule has 8 nitrogen and oxygen atoms in total. The van der Waals surface area contributed by atoms with E-state index in [2.05, 4.69) is 20.3 Å². The van der Waals surface area contributed by atoms with Gasteiger partial charge in [0.2, 0.25) is 16.0 Å². The molecule has 0 amide bonds. The van der Waals surface area contributed by atoms with Gasteiger partial charge >= 0.3 is 0 Å². The van der Waals surface area contributed by atoms with Crippen molar-refractivity contribution >= 4 is 44.3 Å². The smallest absolute Gasteiger partial charge is 0.253 e. The lowest BCUT2D eigenvalue weighted by atomic mass is 10.1. The van der Waals surface area contributed by atoms with Crippen LogP contribution in [0.3, 0.4) is 0 Å². The number of hydrogen-bond donors (Lipinski definition) is 2. The standard InChI is InChI=1S/C20H24ClN5O3S/c1-12(2)11-26(30(4,28)29)18-7-8-22-20(25-18)23-13(3)16-10-14-9-15(21)5-6-17(14)24-19(16)27/h5-10,12-13H,11H2,1-4H3,(H,24,27)(H,22,23,25). The predicted molar refractivity (Wildman–Crippen MR) is 121 cm³/mol. The van der Waals surface area contributed by atoms with Gasteiger partial charge in [-0.1, -0.05) is 25.4 Å².